The molecule has 0 saturated heterocycles. The van der Waals surface area contributed by atoms with Crippen LogP contribution in [-0.4, -0.2) is 43.5 Å². The molecule has 3 N–H and O–H groups in total. The van der Waals surface area contributed by atoms with E-state index in [9.17, 15) is 4.79 Å². The minimum absolute atomic E-state index is 0.0984. The number of nitrogens with zero attached hydrogens (tertiary/aromatic N) is 1. The second kappa shape index (κ2) is 5.47. The van der Waals surface area contributed by atoms with E-state index in [0.717, 1.165) is 19.4 Å². The molecule has 4 nitrogen and oxygen atoms in total. The van der Waals surface area contributed by atoms with Crippen molar-refractivity contribution in [3.63, 3.8) is 0 Å². The van der Waals surface area contributed by atoms with Crippen LogP contribution in [0, 0.1) is 0 Å². The van der Waals surface area contributed by atoms with Crippen molar-refractivity contribution in [2.75, 3.05) is 27.2 Å². The summed E-state index contributed by atoms with van der Waals surface area (Å²) in [4.78, 5) is 13.6. The fourth-order valence-corrected chi connectivity index (χ4v) is 2.06. The van der Waals surface area contributed by atoms with Gasteiger partial charge in [0.2, 0.25) is 5.91 Å². The SMILES string of the molecule is CN(C)CCNC(=O)CC1(N)CCCC1. The van der Waals surface area contributed by atoms with Crippen LogP contribution in [0.2, 0.25) is 0 Å². The number of carbonyl (C=O) groups is 1. The highest BCUT2D eigenvalue weighted by atomic mass is 16.1. The Morgan fingerprint density at radius 2 is 2.00 bits per heavy atom. The Kier molecular flexibility index (Phi) is 4.54. The summed E-state index contributed by atoms with van der Waals surface area (Å²) in [7, 11) is 3.99. The first-order chi connectivity index (χ1) is 7.02. The summed E-state index contributed by atoms with van der Waals surface area (Å²) in [6.07, 6.45) is 4.81. The van der Waals surface area contributed by atoms with Crippen molar-refractivity contribution in [3.05, 3.63) is 0 Å². The van der Waals surface area contributed by atoms with Crippen LogP contribution in [0.4, 0.5) is 0 Å². The molecule has 0 heterocycles. The van der Waals surface area contributed by atoms with Gasteiger partial charge in [0.05, 0.1) is 0 Å². The number of hydrogen-bond acceptors (Lipinski definition) is 3. The molecular weight excluding hydrogens is 190 g/mol. The summed E-state index contributed by atoms with van der Waals surface area (Å²) in [6.45, 7) is 1.59. The van der Waals surface area contributed by atoms with Crippen LogP contribution >= 0.6 is 0 Å². The molecule has 0 unspecified atom stereocenters. The van der Waals surface area contributed by atoms with Gasteiger partial charge in [-0.2, -0.15) is 0 Å². The molecule has 88 valence electrons. The Hall–Kier alpha value is -0.610. The van der Waals surface area contributed by atoms with E-state index in [-0.39, 0.29) is 11.4 Å². The molecule has 0 aromatic heterocycles. The molecular formula is C11H23N3O. The lowest BCUT2D eigenvalue weighted by Crippen LogP contribution is -2.43. The van der Waals surface area contributed by atoms with Gasteiger partial charge in [0.15, 0.2) is 0 Å². The number of nitrogens with one attached hydrogen (secondary N) is 1. The summed E-state index contributed by atoms with van der Waals surface area (Å²) >= 11 is 0. The lowest BCUT2D eigenvalue weighted by Gasteiger charge is -2.22. The first-order valence-corrected chi connectivity index (χ1v) is 5.72. The largest absolute Gasteiger partial charge is 0.355 e. The van der Waals surface area contributed by atoms with Gasteiger partial charge < -0.3 is 16.0 Å². The Morgan fingerprint density at radius 1 is 1.40 bits per heavy atom. The highest BCUT2D eigenvalue weighted by molar-refractivity contribution is 5.77. The number of carbonyl (C=O) groups excluding carboxylic acids is 1. The van der Waals surface area contributed by atoms with Crippen molar-refractivity contribution in [1.82, 2.24) is 10.2 Å². The topological polar surface area (TPSA) is 58.4 Å². The number of likely N-dealkylation sites (N-methyl/N-ethyl adjacent to an activating group) is 1. The lowest BCUT2D eigenvalue weighted by molar-refractivity contribution is -0.122. The quantitative estimate of drug-likeness (QED) is 0.692. The summed E-state index contributed by atoms with van der Waals surface area (Å²) < 4.78 is 0. The van der Waals surface area contributed by atoms with Crippen LogP contribution in [0.15, 0.2) is 0 Å². The highest BCUT2D eigenvalue weighted by Crippen LogP contribution is 2.29. The molecule has 0 spiro atoms. The second-order valence-electron chi connectivity index (χ2n) is 4.90. The zero-order chi connectivity index (χ0) is 11.3. The average Bonchev–Trinajstić information content (AvgIpc) is 2.50. The van der Waals surface area contributed by atoms with Crippen molar-refractivity contribution in [2.45, 2.75) is 37.6 Å². The van der Waals surface area contributed by atoms with Crippen molar-refractivity contribution in [1.29, 1.82) is 0 Å². The van der Waals surface area contributed by atoms with Crippen molar-refractivity contribution in [2.24, 2.45) is 5.73 Å². The smallest absolute Gasteiger partial charge is 0.221 e. The van der Waals surface area contributed by atoms with E-state index in [2.05, 4.69) is 5.32 Å². The third-order valence-corrected chi connectivity index (χ3v) is 2.99. The first-order valence-electron chi connectivity index (χ1n) is 5.72. The van der Waals surface area contributed by atoms with Crippen LogP contribution in [0.3, 0.4) is 0 Å². The zero-order valence-corrected chi connectivity index (χ0v) is 9.88. The van der Waals surface area contributed by atoms with Crippen LogP contribution in [0.5, 0.6) is 0 Å². The van der Waals surface area contributed by atoms with E-state index in [0.29, 0.717) is 13.0 Å². The van der Waals surface area contributed by atoms with Crippen LogP contribution in [0.25, 0.3) is 0 Å². The Morgan fingerprint density at radius 3 is 2.53 bits per heavy atom. The molecule has 15 heavy (non-hydrogen) atoms. The average molecular weight is 213 g/mol. The normalized spacial score (nSPS) is 19.5. The summed E-state index contributed by atoms with van der Waals surface area (Å²) in [5.74, 6) is 0.0984. The monoisotopic (exact) mass is 213 g/mol. The predicted octanol–water partition coefficient (Wildman–Crippen LogP) is 0.326. The Labute approximate surface area is 92.2 Å². The Balaban J connectivity index is 2.18. The standard InChI is InChI=1S/C11H23N3O/c1-14(2)8-7-13-10(15)9-11(12)5-3-4-6-11/h3-9,12H2,1-2H3,(H,13,15). The fourth-order valence-electron chi connectivity index (χ4n) is 2.06. The molecule has 1 amide bonds. The van der Waals surface area contributed by atoms with Crippen molar-refractivity contribution in [3.8, 4) is 0 Å². The maximum Gasteiger partial charge on any atom is 0.221 e. The van der Waals surface area contributed by atoms with Crippen molar-refractivity contribution >= 4 is 5.91 Å². The van der Waals surface area contributed by atoms with Gasteiger partial charge in [-0.05, 0) is 26.9 Å². The van der Waals surface area contributed by atoms with Crippen molar-refractivity contribution < 1.29 is 4.79 Å². The molecule has 0 aromatic rings. The number of hydrogen-bond donors (Lipinski definition) is 2. The van der Waals surface area contributed by atoms with E-state index in [1.54, 1.807) is 0 Å². The second-order valence-corrected chi connectivity index (χ2v) is 4.90. The minimum atomic E-state index is -0.220. The molecule has 0 radical (unpaired) electrons. The van der Waals surface area contributed by atoms with Crippen LogP contribution in [-0.2, 0) is 4.79 Å². The Bertz CT molecular complexity index is 210. The molecule has 1 fully saturated rings. The maximum absolute atomic E-state index is 11.6. The van der Waals surface area contributed by atoms with E-state index in [1.165, 1.54) is 12.8 Å². The minimum Gasteiger partial charge on any atom is -0.355 e. The van der Waals surface area contributed by atoms with E-state index in [4.69, 9.17) is 5.73 Å². The summed E-state index contributed by atoms with van der Waals surface area (Å²) in [5.41, 5.74) is 5.90. The summed E-state index contributed by atoms with van der Waals surface area (Å²) in [6, 6.07) is 0. The van der Waals surface area contributed by atoms with Gasteiger partial charge >= 0.3 is 0 Å². The molecule has 0 bridgehead atoms. The molecule has 1 rings (SSSR count). The molecule has 0 atom stereocenters. The van der Waals surface area contributed by atoms with Gasteiger partial charge in [0.25, 0.3) is 0 Å². The lowest BCUT2D eigenvalue weighted by atomic mass is 9.94. The number of rotatable bonds is 5. The van der Waals surface area contributed by atoms with Gasteiger partial charge in [-0.3, -0.25) is 4.79 Å². The van der Waals surface area contributed by atoms with E-state index >= 15 is 0 Å². The summed E-state index contributed by atoms with van der Waals surface area (Å²) in [5, 5.41) is 2.91. The number of amides is 1. The van der Waals surface area contributed by atoms with Gasteiger partial charge in [-0.1, -0.05) is 12.8 Å². The zero-order valence-electron chi connectivity index (χ0n) is 9.88. The fraction of sp³-hybridized carbons (Fsp3) is 0.909. The predicted molar refractivity (Wildman–Crippen MR) is 61.6 cm³/mol. The molecule has 1 aliphatic rings. The van der Waals surface area contributed by atoms with Crippen LogP contribution < -0.4 is 11.1 Å². The van der Waals surface area contributed by atoms with Gasteiger partial charge in [-0.15, -0.1) is 0 Å². The molecule has 0 aromatic carbocycles. The number of nitrogens with two attached hydrogens (primary N) is 1. The van der Waals surface area contributed by atoms with Gasteiger partial charge in [0, 0.05) is 25.0 Å². The maximum atomic E-state index is 11.6. The molecule has 0 aliphatic heterocycles. The first kappa shape index (κ1) is 12.5. The van der Waals surface area contributed by atoms with Gasteiger partial charge in [0.1, 0.15) is 0 Å². The van der Waals surface area contributed by atoms with Crippen LogP contribution in [0.1, 0.15) is 32.1 Å². The van der Waals surface area contributed by atoms with E-state index < -0.39 is 0 Å². The molecule has 1 saturated carbocycles. The third-order valence-electron chi connectivity index (χ3n) is 2.99. The van der Waals surface area contributed by atoms with Gasteiger partial charge in [-0.25, -0.2) is 0 Å². The third kappa shape index (κ3) is 4.62. The molecule has 1 aliphatic carbocycles. The van der Waals surface area contributed by atoms with E-state index in [1.807, 2.05) is 19.0 Å². The highest BCUT2D eigenvalue weighted by Gasteiger charge is 2.31. The molecule has 4 heteroatoms.